The molecule has 0 saturated carbocycles. The van der Waals surface area contributed by atoms with Crippen LogP contribution >= 0.6 is 11.8 Å². The average molecular weight is 1900 g/mol. The SMILES string of the molecule is CC[C@H](C)[C@H](NC(=O)[C@H](CO)CC(=O)[C@H](Cc1ccc(O)cc1)NC(=O)[C@H](CC(=O)O)CC(=O)[C@H](CO)NC(=O)[C@@H](CC(=O)[C@H](Cc1ccccc1)NC(=O)[C@@H](CC(=O)CNC(=O)[C@H](CCC(=O)O)CC(=O)CSCC(=O)CCCN1C(=O)[C@H](C)C[C@H](C)C1=O)[C@@H](C)O)[C@@H](C)O)C(=O)C[C@@H](Cc1ccc(O)cc1)C(=O)N[C@@H](CC(C)C)C(=O)C[C@@H](CC(=O)O)C(=O)N[C@H](C)CCCCN. The number of amides is 9. The molecule has 1 aliphatic rings. The Morgan fingerprint density at radius 3 is 1.40 bits per heavy atom. The number of ketones is 8. The first kappa shape index (κ1) is 115. The molecule has 4 rings (SSSR count). The Hall–Kier alpha value is -11.4. The van der Waals surface area contributed by atoms with Crippen LogP contribution in [0.3, 0.4) is 0 Å². The summed E-state index contributed by atoms with van der Waals surface area (Å²) in [5, 5.41) is 111. The number of phenolic OH excluding ortho intramolecular Hbond substituents is 2. The van der Waals surface area contributed by atoms with Crippen molar-refractivity contribution in [2.24, 2.45) is 70.8 Å². The van der Waals surface area contributed by atoms with Crippen molar-refractivity contribution < 1.29 is 142 Å². The minimum Gasteiger partial charge on any atom is -0.508 e. The molecule has 1 heterocycles. The van der Waals surface area contributed by atoms with Crippen LogP contribution in [0.5, 0.6) is 11.5 Å². The normalized spacial score (nSPS) is 16.8. The predicted octanol–water partition coefficient (Wildman–Crippen LogP) is 3.09. The number of imide groups is 1. The predicted molar refractivity (Wildman–Crippen MR) is 488 cm³/mol. The van der Waals surface area contributed by atoms with E-state index in [0.29, 0.717) is 43.4 Å². The fourth-order valence-corrected chi connectivity index (χ4v) is 16.4. The van der Waals surface area contributed by atoms with Gasteiger partial charge in [-0.25, -0.2) is 0 Å². The largest absolute Gasteiger partial charge is 0.508 e. The van der Waals surface area contributed by atoms with E-state index >= 15 is 0 Å². The number of nitrogens with one attached hydrogen (secondary N) is 7. The third-order valence-corrected chi connectivity index (χ3v) is 24.7. The van der Waals surface area contributed by atoms with Gasteiger partial charge in [-0.05, 0) is 138 Å². The zero-order valence-electron chi connectivity index (χ0n) is 77.6. The number of aliphatic hydroxyl groups is 4. The number of aliphatic carboxylic acids is 3. The van der Waals surface area contributed by atoms with Gasteiger partial charge in [0.05, 0.1) is 110 Å². The lowest BCUT2D eigenvalue weighted by Gasteiger charge is -2.32. The number of carboxylic acid groups (broad SMARTS) is 3. The number of phenols is 2. The van der Waals surface area contributed by atoms with Crippen molar-refractivity contribution in [3.63, 3.8) is 0 Å². The van der Waals surface area contributed by atoms with Crippen molar-refractivity contribution in [3.05, 3.63) is 95.6 Å². The minimum atomic E-state index is -2.00. The minimum absolute atomic E-state index is 0.00848. The summed E-state index contributed by atoms with van der Waals surface area (Å²) in [5.74, 6) is -31.5. The second-order valence-corrected chi connectivity index (χ2v) is 36.6. The van der Waals surface area contributed by atoms with E-state index in [9.17, 15) is 142 Å². The number of hydrogen-bond acceptors (Lipinski definition) is 28. The zero-order chi connectivity index (χ0) is 100. The van der Waals surface area contributed by atoms with Gasteiger partial charge in [0.2, 0.25) is 53.2 Å². The van der Waals surface area contributed by atoms with E-state index in [1.165, 1.54) is 48.5 Å². The fourth-order valence-electron chi connectivity index (χ4n) is 15.6. The van der Waals surface area contributed by atoms with Gasteiger partial charge in [-0.1, -0.05) is 109 Å². The number of aliphatic hydroxyl groups excluding tert-OH is 4. The van der Waals surface area contributed by atoms with Crippen LogP contribution in [0.2, 0.25) is 0 Å². The number of piperidine rings is 1. The van der Waals surface area contributed by atoms with Crippen LogP contribution in [0, 0.1) is 65.1 Å². The molecule has 740 valence electrons. The number of nitrogens with zero attached hydrogens (tertiary/aromatic N) is 1. The van der Waals surface area contributed by atoms with Crippen LogP contribution in [0.1, 0.15) is 201 Å². The molecule has 0 bridgehead atoms. The lowest BCUT2D eigenvalue weighted by atomic mass is 9.85. The van der Waals surface area contributed by atoms with Crippen LogP contribution in [0.15, 0.2) is 78.9 Å². The van der Waals surface area contributed by atoms with E-state index in [2.05, 4.69) is 37.2 Å². The third-order valence-electron chi connectivity index (χ3n) is 23.6. The van der Waals surface area contributed by atoms with E-state index in [0.717, 1.165) is 30.5 Å². The molecule has 0 aliphatic carbocycles. The smallest absolute Gasteiger partial charge is 0.304 e. The molecule has 9 amide bonds. The second-order valence-electron chi connectivity index (χ2n) is 35.6. The van der Waals surface area contributed by atoms with Crippen molar-refractivity contribution in [2.45, 2.75) is 252 Å². The van der Waals surface area contributed by atoms with Crippen molar-refractivity contribution in [3.8, 4) is 11.5 Å². The maximum Gasteiger partial charge on any atom is 0.304 e. The van der Waals surface area contributed by atoms with Crippen LogP contribution in [0.4, 0.5) is 0 Å². The number of aromatic hydroxyl groups is 2. The summed E-state index contributed by atoms with van der Waals surface area (Å²) in [6.07, 6.45) is -9.62. The summed E-state index contributed by atoms with van der Waals surface area (Å²) in [6, 6.07) is 10.4. The molecule has 1 fully saturated rings. The Morgan fingerprint density at radius 2 is 0.896 bits per heavy atom. The summed E-state index contributed by atoms with van der Waals surface area (Å²) in [5.41, 5.74) is 6.76. The number of unbranched alkanes of at least 4 members (excludes halogenated alkanes) is 1. The molecular weight excluding hydrogens is 1760 g/mol. The van der Waals surface area contributed by atoms with Gasteiger partial charge in [-0.15, -0.1) is 11.8 Å². The summed E-state index contributed by atoms with van der Waals surface area (Å²) in [6.45, 7) is 11.6. The molecule has 0 spiro atoms. The Labute approximate surface area is 783 Å². The molecule has 1 saturated heterocycles. The summed E-state index contributed by atoms with van der Waals surface area (Å²) in [4.78, 5) is 274. The van der Waals surface area contributed by atoms with E-state index in [1.807, 2.05) is 0 Å². The first-order valence-electron chi connectivity index (χ1n) is 45.4. The number of rotatable bonds is 67. The van der Waals surface area contributed by atoms with Crippen molar-refractivity contribution in [1.29, 1.82) is 0 Å². The van der Waals surface area contributed by atoms with E-state index in [4.69, 9.17) is 5.73 Å². The first-order chi connectivity index (χ1) is 63.2. The van der Waals surface area contributed by atoms with Crippen molar-refractivity contribution in [1.82, 2.24) is 42.1 Å². The van der Waals surface area contributed by atoms with Crippen LogP contribution in [0.25, 0.3) is 0 Å². The van der Waals surface area contributed by atoms with Crippen molar-refractivity contribution >= 4 is 129 Å². The third kappa shape index (κ3) is 40.8. The fraction of sp³-hybridized carbons (Fsp3) is 0.600. The Kier molecular flexibility index (Phi) is 50.3. The van der Waals surface area contributed by atoms with Gasteiger partial charge in [0.15, 0.2) is 34.7 Å². The number of carbonyl (C=O) groups is 20. The Balaban J connectivity index is 1.52. The molecule has 3 aromatic rings. The number of nitrogens with two attached hydrogens (primary N) is 1. The summed E-state index contributed by atoms with van der Waals surface area (Å²) < 4.78 is 0. The number of hydrogen-bond donors (Lipinski definition) is 17. The molecule has 18 atom stereocenters. The highest BCUT2D eigenvalue weighted by Gasteiger charge is 2.42. The monoisotopic (exact) mass is 1900 g/mol. The van der Waals surface area contributed by atoms with Gasteiger partial charge in [0.1, 0.15) is 29.1 Å². The zero-order valence-corrected chi connectivity index (χ0v) is 78.4. The van der Waals surface area contributed by atoms with Gasteiger partial charge in [-0.3, -0.25) is 101 Å². The molecule has 3 aromatic carbocycles. The van der Waals surface area contributed by atoms with Crippen LogP contribution < -0.4 is 43.0 Å². The highest BCUT2D eigenvalue weighted by Crippen LogP contribution is 2.29. The Bertz CT molecular complexity index is 4490. The summed E-state index contributed by atoms with van der Waals surface area (Å²) in [7, 11) is 0. The molecule has 0 aromatic heterocycles. The lowest BCUT2D eigenvalue weighted by Crippen LogP contribution is -2.52. The van der Waals surface area contributed by atoms with Gasteiger partial charge < -0.3 is 88.9 Å². The Morgan fingerprint density at radius 1 is 0.440 bits per heavy atom. The van der Waals surface area contributed by atoms with Gasteiger partial charge in [-0.2, -0.15) is 0 Å². The second kappa shape index (κ2) is 58.7. The molecule has 38 nitrogen and oxygen atoms in total. The lowest BCUT2D eigenvalue weighted by molar-refractivity contribution is -0.155. The highest BCUT2D eigenvalue weighted by molar-refractivity contribution is 8.00. The maximum atomic E-state index is 14.9. The van der Waals surface area contributed by atoms with E-state index < -0.39 is 286 Å². The maximum absolute atomic E-state index is 14.9. The first-order valence-corrected chi connectivity index (χ1v) is 46.6. The number of carboxylic acids is 3. The molecule has 18 N–H and O–H groups in total. The molecule has 39 heteroatoms. The molecular formula is C95H135N9O29S. The number of carbonyl (C=O) groups excluding carboxylic acids is 17. The number of thioether (sulfide) groups is 1. The van der Waals surface area contributed by atoms with Crippen molar-refractivity contribution in [2.75, 3.05) is 44.4 Å². The molecule has 1 aliphatic heterocycles. The van der Waals surface area contributed by atoms with E-state index in [1.54, 1.807) is 78.8 Å². The standard InChI is InChI=1S/C95H135N9O29S/c1-10-53(4)86(82(118)41-63(35-60-21-26-67(109)27-22-60)89(127)99-74(33-52(2)3)78(114)39-64(43-84(121)122)88(126)98-56(7)17-14-15-31-96)103-91(129)66(48-105)42-79(115)75(37-61-23-28-68(110)29-24-61)100-90(128)65(44-85(123)124)40-80(116)77(49-106)102-93(131)73(58(9)108)46-81(117)76(36-59-18-12-11-13-19-59)101-92(130)72(57(8)107)45-70(112)47-97-87(125)62(25-30-83(119)120)38-71(113)51-134-50-69(111)20-16-32-104-94(132)54(5)34-55(6)95(104)133/h11-13,18-19,21-24,26-29,52-58,62-66,72-77,86,105-110H,10,14-17,20,25,30-51,96H2,1-9H3,(H,97,125)(H,98,126)(H,99,127)(H,100,128)(H,101,130)(H,102,131)(H,103,129)(H,119,120)(H,121,122)(H,123,124)/t53-,54-,55+,56+,57+,58+,62+,63+,64-,65-,66-,72-,73-,74-,75-,76-,77-,86-/m0/s1. The van der Waals surface area contributed by atoms with Crippen LogP contribution in [-0.4, -0.2) is 261 Å². The highest BCUT2D eigenvalue weighted by atomic mass is 32.2. The number of likely N-dealkylation sites (tertiary alicyclic amines) is 1. The number of benzene rings is 3. The quantitative estimate of drug-likeness (QED) is 0.0285. The van der Waals surface area contributed by atoms with Gasteiger partial charge in [0.25, 0.3) is 0 Å². The number of Topliss-reactive ketones (excluding diaryl/α,β-unsaturated/α-hetero) is 8. The summed E-state index contributed by atoms with van der Waals surface area (Å²) >= 11 is 0.944. The average Bonchev–Trinajstić information content (AvgIpc) is 0.808. The van der Waals surface area contributed by atoms with Gasteiger partial charge >= 0.3 is 17.9 Å². The topological polar surface area (TPSA) is 637 Å². The van der Waals surface area contributed by atoms with E-state index in [-0.39, 0.29) is 115 Å². The molecule has 0 radical (unpaired) electrons. The molecule has 134 heavy (non-hydrogen) atoms. The van der Waals surface area contributed by atoms with Crippen LogP contribution in [-0.2, 0) is 115 Å². The molecule has 0 unspecified atom stereocenters. The van der Waals surface area contributed by atoms with Gasteiger partial charge in [0, 0.05) is 94.0 Å².